The van der Waals surface area contributed by atoms with Gasteiger partial charge in [-0.3, -0.25) is 0 Å². The molecule has 19 heavy (non-hydrogen) atoms. The second kappa shape index (κ2) is 4.31. The van der Waals surface area contributed by atoms with Crippen LogP contribution in [0.25, 0.3) is 10.2 Å². The topological polar surface area (TPSA) is 73.1 Å². The molecule has 3 rings (SSSR count). The molecule has 2 atom stereocenters. The van der Waals surface area contributed by atoms with E-state index in [-0.39, 0.29) is 11.6 Å². The van der Waals surface area contributed by atoms with Gasteiger partial charge in [-0.2, -0.15) is 4.98 Å². The van der Waals surface area contributed by atoms with Gasteiger partial charge in [-0.25, -0.2) is 4.98 Å². The second-order valence-corrected chi connectivity index (χ2v) is 6.55. The summed E-state index contributed by atoms with van der Waals surface area (Å²) >= 11 is 1.64. The maximum Gasteiger partial charge on any atom is 0.223 e. The maximum atomic E-state index is 5.80. The van der Waals surface area contributed by atoms with Gasteiger partial charge in [0, 0.05) is 11.5 Å². The minimum atomic E-state index is -0.108. The summed E-state index contributed by atoms with van der Waals surface area (Å²) in [4.78, 5) is 10.8. The van der Waals surface area contributed by atoms with Crippen molar-refractivity contribution in [3.63, 3.8) is 0 Å². The third-order valence-electron chi connectivity index (χ3n) is 3.82. The summed E-state index contributed by atoms with van der Waals surface area (Å²) in [5.74, 6) is 1.12. The van der Waals surface area contributed by atoms with Gasteiger partial charge >= 0.3 is 0 Å². The number of anilines is 2. The van der Waals surface area contributed by atoms with E-state index in [4.69, 9.17) is 10.5 Å². The standard InChI is InChI=1S/C13H18N4OS/c1-7-6-9-10(15-12(14)16-11(9)19-7)17-13(3)4-5-18-8(13)2/h6,8H,4-5H2,1-3H3,(H3,14,15,16,17). The molecule has 3 N–H and O–H groups in total. The fourth-order valence-electron chi connectivity index (χ4n) is 2.42. The second-order valence-electron chi connectivity index (χ2n) is 5.31. The molecule has 0 radical (unpaired) electrons. The third-order valence-corrected chi connectivity index (χ3v) is 4.77. The Morgan fingerprint density at radius 1 is 1.53 bits per heavy atom. The molecule has 1 saturated heterocycles. The number of thiophene rings is 1. The van der Waals surface area contributed by atoms with E-state index in [0.717, 1.165) is 29.1 Å². The minimum Gasteiger partial charge on any atom is -0.376 e. The van der Waals surface area contributed by atoms with E-state index >= 15 is 0 Å². The molecule has 0 bridgehead atoms. The summed E-state index contributed by atoms with van der Waals surface area (Å²) < 4.78 is 5.65. The van der Waals surface area contributed by atoms with Crippen LogP contribution in [0.4, 0.5) is 11.8 Å². The predicted molar refractivity (Wildman–Crippen MR) is 78.6 cm³/mol. The average molecular weight is 278 g/mol. The van der Waals surface area contributed by atoms with E-state index in [9.17, 15) is 0 Å². The zero-order valence-corrected chi connectivity index (χ0v) is 12.2. The highest BCUT2D eigenvalue weighted by Crippen LogP contribution is 2.34. The number of hydrogen-bond acceptors (Lipinski definition) is 6. The fraction of sp³-hybridized carbons (Fsp3) is 0.538. The number of nitrogen functional groups attached to an aromatic ring is 1. The van der Waals surface area contributed by atoms with E-state index in [1.807, 2.05) is 0 Å². The number of aryl methyl sites for hydroxylation is 1. The number of aromatic nitrogens is 2. The Balaban J connectivity index is 2.04. The van der Waals surface area contributed by atoms with Crippen LogP contribution in [0.5, 0.6) is 0 Å². The number of nitrogens with one attached hydrogen (secondary N) is 1. The van der Waals surface area contributed by atoms with E-state index < -0.39 is 0 Å². The lowest BCUT2D eigenvalue weighted by Crippen LogP contribution is -2.41. The van der Waals surface area contributed by atoms with Crippen LogP contribution in [0.1, 0.15) is 25.1 Å². The van der Waals surface area contributed by atoms with Crippen LogP contribution in [0.2, 0.25) is 0 Å². The van der Waals surface area contributed by atoms with Crippen molar-refractivity contribution >= 4 is 33.3 Å². The molecule has 1 aliphatic heterocycles. The van der Waals surface area contributed by atoms with Crippen molar-refractivity contribution in [1.82, 2.24) is 9.97 Å². The third kappa shape index (κ3) is 2.15. The van der Waals surface area contributed by atoms with Gasteiger partial charge in [0.2, 0.25) is 5.95 Å². The number of nitrogens with zero attached hydrogens (tertiary/aromatic N) is 2. The Morgan fingerprint density at radius 3 is 3.00 bits per heavy atom. The van der Waals surface area contributed by atoms with Crippen molar-refractivity contribution in [2.24, 2.45) is 0 Å². The lowest BCUT2D eigenvalue weighted by Gasteiger charge is -2.29. The van der Waals surface area contributed by atoms with Crippen molar-refractivity contribution in [3.8, 4) is 0 Å². The van der Waals surface area contributed by atoms with Gasteiger partial charge < -0.3 is 15.8 Å². The minimum absolute atomic E-state index is 0.108. The lowest BCUT2D eigenvalue weighted by molar-refractivity contribution is 0.105. The molecular weight excluding hydrogens is 260 g/mol. The van der Waals surface area contributed by atoms with Gasteiger partial charge in [-0.15, -0.1) is 11.3 Å². The van der Waals surface area contributed by atoms with Crippen LogP contribution in [-0.4, -0.2) is 28.2 Å². The first-order valence-corrected chi connectivity index (χ1v) is 7.23. The average Bonchev–Trinajstić information content (AvgIpc) is 2.83. The van der Waals surface area contributed by atoms with Gasteiger partial charge in [0.15, 0.2) is 0 Å². The van der Waals surface area contributed by atoms with E-state index in [1.54, 1.807) is 11.3 Å². The van der Waals surface area contributed by atoms with Gasteiger partial charge in [0.25, 0.3) is 0 Å². The molecule has 102 valence electrons. The van der Waals surface area contributed by atoms with E-state index in [2.05, 4.69) is 42.1 Å². The van der Waals surface area contributed by atoms with Crippen molar-refractivity contribution in [2.45, 2.75) is 38.8 Å². The normalized spacial score (nSPS) is 27.0. The molecular formula is C13H18N4OS. The zero-order valence-electron chi connectivity index (χ0n) is 11.4. The molecule has 2 aromatic rings. The molecule has 2 unspecified atom stereocenters. The van der Waals surface area contributed by atoms with Crippen LogP contribution in [-0.2, 0) is 4.74 Å². The Hall–Kier alpha value is -1.40. The van der Waals surface area contributed by atoms with Crippen LogP contribution in [0, 0.1) is 6.92 Å². The Morgan fingerprint density at radius 2 is 2.32 bits per heavy atom. The van der Waals surface area contributed by atoms with Crippen LogP contribution >= 0.6 is 11.3 Å². The molecule has 3 heterocycles. The largest absolute Gasteiger partial charge is 0.376 e. The lowest BCUT2D eigenvalue weighted by atomic mass is 9.94. The molecule has 1 fully saturated rings. The quantitative estimate of drug-likeness (QED) is 0.883. The van der Waals surface area contributed by atoms with Crippen molar-refractivity contribution in [1.29, 1.82) is 0 Å². The SMILES string of the molecule is Cc1cc2c(NC3(C)CCOC3C)nc(N)nc2s1. The molecule has 0 aliphatic carbocycles. The number of nitrogens with two attached hydrogens (primary N) is 1. The van der Waals surface area contributed by atoms with Crippen LogP contribution in [0.15, 0.2) is 6.07 Å². The highest BCUT2D eigenvalue weighted by molar-refractivity contribution is 7.18. The number of hydrogen-bond donors (Lipinski definition) is 2. The summed E-state index contributed by atoms with van der Waals surface area (Å²) in [5.41, 5.74) is 5.69. The first-order valence-electron chi connectivity index (χ1n) is 6.41. The summed E-state index contributed by atoms with van der Waals surface area (Å²) in [5, 5.41) is 4.55. The summed E-state index contributed by atoms with van der Waals surface area (Å²) in [6.07, 6.45) is 1.11. The highest BCUT2D eigenvalue weighted by Gasteiger charge is 2.37. The van der Waals surface area contributed by atoms with Gasteiger partial charge in [0.05, 0.1) is 17.0 Å². The van der Waals surface area contributed by atoms with Crippen LogP contribution < -0.4 is 11.1 Å². The Labute approximate surface area is 116 Å². The highest BCUT2D eigenvalue weighted by atomic mass is 32.1. The molecule has 0 aromatic carbocycles. The molecule has 0 amide bonds. The van der Waals surface area contributed by atoms with E-state index in [1.165, 1.54) is 4.88 Å². The summed E-state index contributed by atoms with van der Waals surface area (Å²) in [6.45, 7) is 7.08. The molecule has 0 spiro atoms. The van der Waals surface area contributed by atoms with Crippen LogP contribution in [0.3, 0.4) is 0 Å². The van der Waals surface area contributed by atoms with Crippen molar-refractivity contribution in [2.75, 3.05) is 17.7 Å². The monoisotopic (exact) mass is 278 g/mol. The maximum absolute atomic E-state index is 5.80. The molecule has 0 saturated carbocycles. The van der Waals surface area contributed by atoms with Gasteiger partial charge in [-0.1, -0.05) is 0 Å². The number of fused-ring (bicyclic) bond motifs is 1. The Kier molecular flexibility index (Phi) is 2.87. The van der Waals surface area contributed by atoms with Gasteiger partial charge in [0.1, 0.15) is 10.6 Å². The van der Waals surface area contributed by atoms with Crippen molar-refractivity contribution < 1.29 is 4.74 Å². The predicted octanol–water partition coefficient (Wildman–Crippen LogP) is 2.56. The molecule has 1 aliphatic rings. The van der Waals surface area contributed by atoms with E-state index in [0.29, 0.717) is 5.95 Å². The summed E-state index contributed by atoms with van der Waals surface area (Å²) in [7, 11) is 0. The zero-order chi connectivity index (χ0) is 13.6. The first-order chi connectivity index (χ1) is 8.98. The number of rotatable bonds is 2. The van der Waals surface area contributed by atoms with Crippen molar-refractivity contribution in [3.05, 3.63) is 10.9 Å². The fourth-order valence-corrected chi connectivity index (χ4v) is 3.31. The number of ether oxygens (including phenoxy) is 1. The molecule has 5 nitrogen and oxygen atoms in total. The summed E-state index contributed by atoms with van der Waals surface area (Å²) in [6, 6.07) is 2.10. The Bertz CT molecular complexity index is 626. The first kappa shape index (κ1) is 12.6. The smallest absolute Gasteiger partial charge is 0.223 e. The molecule has 6 heteroatoms. The van der Waals surface area contributed by atoms with Gasteiger partial charge in [-0.05, 0) is 33.3 Å². The molecule has 2 aromatic heterocycles.